The van der Waals surface area contributed by atoms with Crippen LogP contribution in [0, 0.1) is 12.1 Å². The summed E-state index contributed by atoms with van der Waals surface area (Å²) in [6.07, 6.45) is 8.36. The topological polar surface area (TPSA) is 68.8 Å². The first kappa shape index (κ1) is 39.3. The molecule has 0 aromatic heterocycles. The molecule has 10 rings (SSSR count). The van der Waals surface area contributed by atoms with E-state index >= 15 is 0 Å². The molecular formula is C52H43N5O4Pt-2. The van der Waals surface area contributed by atoms with Gasteiger partial charge in [-0.2, -0.15) is 0 Å². The van der Waals surface area contributed by atoms with Gasteiger partial charge in [0.1, 0.15) is 0 Å². The van der Waals surface area contributed by atoms with Gasteiger partial charge in [0, 0.05) is 0 Å². The molecule has 0 amide bonds. The first-order chi connectivity index (χ1) is 30.2. The van der Waals surface area contributed by atoms with Crippen molar-refractivity contribution in [2.75, 3.05) is 28.8 Å². The van der Waals surface area contributed by atoms with Crippen molar-refractivity contribution < 1.29 is 36.7 Å². The molecule has 0 N–H and O–H groups in total. The van der Waals surface area contributed by atoms with Crippen LogP contribution in [0.25, 0.3) is 0 Å². The molecule has 6 aromatic carbocycles. The van der Waals surface area contributed by atoms with Gasteiger partial charge in [0.05, 0.1) is 0 Å². The van der Waals surface area contributed by atoms with E-state index in [-0.39, 0.29) is 13.2 Å². The van der Waals surface area contributed by atoms with E-state index in [1.165, 1.54) is 8.29 Å². The molecule has 9 nitrogen and oxygen atoms in total. The minimum absolute atomic E-state index is 0.107. The quantitative estimate of drug-likeness (QED) is 0.115. The van der Waals surface area contributed by atoms with Gasteiger partial charge in [-0.15, -0.1) is 0 Å². The molecule has 0 saturated carbocycles. The number of rotatable bonds is 7. The minimum atomic E-state index is -0.747. The molecule has 4 aliphatic rings. The van der Waals surface area contributed by atoms with Gasteiger partial charge in [-0.3, -0.25) is 0 Å². The second-order valence-electron chi connectivity index (χ2n) is 16.0. The van der Waals surface area contributed by atoms with Crippen molar-refractivity contribution in [2.24, 2.45) is 0 Å². The predicted octanol–water partition coefficient (Wildman–Crippen LogP) is 9.28. The summed E-state index contributed by atoms with van der Waals surface area (Å²) in [4.78, 5) is 40.4. The number of carbonyl (C=O) groups excluding carboxylic acids is 2. The number of ether oxygens (including phenoxy) is 2. The summed E-state index contributed by atoms with van der Waals surface area (Å²) in [5.41, 5.74) is 8.51. The molecular weight excluding hydrogens is 954 g/mol. The third kappa shape index (κ3) is 6.87. The van der Waals surface area contributed by atoms with Crippen molar-refractivity contribution in [3.05, 3.63) is 215 Å². The summed E-state index contributed by atoms with van der Waals surface area (Å²) in [7, 11) is 4.17. The third-order valence-electron chi connectivity index (χ3n) is 11.7. The average molecular weight is 997 g/mol. The molecule has 3 aliphatic heterocycles. The van der Waals surface area contributed by atoms with Crippen LogP contribution in [0.5, 0.6) is 0 Å². The Morgan fingerprint density at radius 3 is 1.42 bits per heavy atom. The predicted molar refractivity (Wildman–Crippen MR) is 239 cm³/mol. The second-order valence-corrected chi connectivity index (χ2v) is 18.6. The van der Waals surface area contributed by atoms with Crippen LogP contribution in [0.15, 0.2) is 158 Å². The number of carbonyl (C=O) groups is 2. The Hall–Kier alpha value is -6.83. The molecule has 0 spiro atoms. The molecule has 0 saturated heterocycles. The van der Waals surface area contributed by atoms with Gasteiger partial charge in [0.25, 0.3) is 0 Å². The Morgan fingerprint density at radius 1 is 0.548 bits per heavy atom. The monoisotopic (exact) mass is 996 g/mol. The zero-order valence-electron chi connectivity index (χ0n) is 34.7. The van der Waals surface area contributed by atoms with E-state index < -0.39 is 41.0 Å². The molecule has 62 heavy (non-hydrogen) atoms. The van der Waals surface area contributed by atoms with Crippen LogP contribution in [0.4, 0.5) is 22.7 Å². The Balaban J connectivity index is 1.23. The second kappa shape index (κ2) is 15.9. The molecule has 0 unspecified atom stereocenters. The van der Waals surface area contributed by atoms with Crippen LogP contribution < -0.4 is 14.7 Å². The SMILES string of the molecule is CN1C=CN2[C]1=[Pt]=[C]1N(C)C=CN1c1[c-]c(ccc1)N(C1c3c(C(=O)OCc4ccccc4)cccc3C(C)(C)c3cccc(C(=O)OCc4ccccc4)c31)c1[c-]c2ccc1. The molecule has 10 heteroatoms. The summed E-state index contributed by atoms with van der Waals surface area (Å²) in [6.45, 7) is 4.52. The molecule has 0 radical (unpaired) electrons. The number of anilines is 4. The maximum absolute atomic E-state index is 14.7. The summed E-state index contributed by atoms with van der Waals surface area (Å²) < 4.78 is 14.6. The van der Waals surface area contributed by atoms with E-state index in [1.54, 1.807) is 0 Å². The van der Waals surface area contributed by atoms with Crippen molar-refractivity contribution in [2.45, 2.75) is 38.5 Å². The fourth-order valence-electron chi connectivity index (χ4n) is 8.67. The van der Waals surface area contributed by atoms with Crippen LogP contribution in [-0.2, 0) is 45.7 Å². The standard InChI is InChI=1S/C52H43N5O4.Pt/c1-52(2)45-25-13-23-43(50(58)60-33-37-15-7-5-8-16-37)47(45)49(48-44(24-14-26-46(48)52)51(59)61-34-38-17-9-6-10-18-38)57(41-21-11-19-39(31-41)55-29-27-53(3)35-55)42-22-12-20-40(32-42)56-30-28-54(4)36-56;/h5-30,49H,33-34H2,1-4H3;/q-2;. The van der Waals surface area contributed by atoms with Crippen molar-refractivity contribution in [1.29, 1.82) is 0 Å². The molecule has 312 valence electrons. The molecule has 6 aromatic rings. The zero-order chi connectivity index (χ0) is 42.5. The summed E-state index contributed by atoms with van der Waals surface area (Å²) in [5.74, 6) is -0.913. The van der Waals surface area contributed by atoms with E-state index in [1.807, 2.05) is 109 Å². The third-order valence-corrected chi connectivity index (χ3v) is 15.4. The molecule has 3 heterocycles. The molecule has 0 atom stereocenters. The summed E-state index contributed by atoms with van der Waals surface area (Å²) in [5, 5.41) is 0. The van der Waals surface area contributed by atoms with Crippen molar-refractivity contribution in [1.82, 2.24) is 9.80 Å². The summed E-state index contributed by atoms with van der Waals surface area (Å²) >= 11 is -0.715. The van der Waals surface area contributed by atoms with Gasteiger partial charge in [-0.1, -0.05) is 60.7 Å². The number of nitrogens with zero attached hydrogens (tertiary/aromatic N) is 5. The van der Waals surface area contributed by atoms with Gasteiger partial charge in [0.2, 0.25) is 0 Å². The van der Waals surface area contributed by atoms with E-state index in [0.29, 0.717) is 11.1 Å². The fraction of sp³-hybridized carbons (Fsp3) is 0.154. The van der Waals surface area contributed by atoms with Crippen LogP contribution >= 0.6 is 0 Å². The Bertz CT molecular complexity index is 2700. The maximum atomic E-state index is 14.7. The van der Waals surface area contributed by atoms with E-state index in [9.17, 15) is 9.59 Å². The molecule has 1 aliphatic carbocycles. The van der Waals surface area contributed by atoms with Crippen LogP contribution in [0.1, 0.15) is 74.0 Å². The van der Waals surface area contributed by atoms with E-state index in [0.717, 1.165) is 56.1 Å². The van der Waals surface area contributed by atoms with Gasteiger partial charge in [0.15, 0.2) is 0 Å². The Kier molecular flexibility index (Phi) is 10.1. The average Bonchev–Trinajstić information content (AvgIpc) is 3.86. The fourth-order valence-corrected chi connectivity index (χ4v) is 11.7. The molecule has 4 bridgehead atoms. The van der Waals surface area contributed by atoms with Gasteiger partial charge in [-0.05, 0) is 11.1 Å². The number of hydrogen-bond acceptors (Lipinski definition) is 9. The first-order valence-electron chi connectivity index (χ1n) is 20.4. The normalized spacial score (nSPS) is 16.1. The van der Waals surface area contributed by atoms with Crippen molar-refractivity contribution in [3.63, 3.8) is 0 Å². The van der Waals surface area contributed by atoms with Crippen molar-refractivity contribution in [3.8, 4) is 0 Å². The zero-order valence-corrected chi connectivity index (χ0v) is 37.0. The van der Waals surface area contributed by atoms with Crippen LogP contribution in [-0.4, -0.2) is 44.1 Å². The first-order valence-corrected chi connectivity index (χ1v) is 22.7. The number of esters is 2. The van der Waals surface area contributed by atoms with Gasteiger partial charge in [-0.25, -0.2) is 0 Å². The van der Waals surface area contributed by atoms with E-state index in [2.05, 4.69) is 114 Å². The number of benzene rings is 6. The Labute approximate surface area is 369 Å². The Morgan fingerprint density at radius 2 is 0.968 bits per heavy atom. The van der Waals surface area contributed by atoms with Crippen LogP contribution in [0.2, 0.25) is 0 Å². The van der Waals surface area contributed by atoms with Gasteiger partial charge < -0.3 is 0 Å². The van der Waals surface area contributed by atoms with Crippen molar-refractivity contribution >= 4 is 43.0 Å². The number of hydrogen-bond donors (Lipinski definition) is 0. The molecule has 0 fully saturated rings. The summed E-state index contributed by atoms with van der Waals surface area (Å²) in [6, 6.07) is 50.3. The van der Waals surface area contributed by atoms with E-state index in [4.69, 9.17) is 9.47 Å². The van der Waals surface area contributed by atoms with Crippen LogP contribution in [0.3, 0.4) is 0 Å². The van der Waals surface area contributed by atoms with Gasteiger partial charge >= 0.3 is 300 Å². The number of fused-ring (bicyclic) bond motifs is 10.